The summed E-state index contributed by atoms with van der Waals surface area (Å²) < 4.78 is 31.3. The lowest BCUT2D eigenvalue weighted by Crippen LogP contribution is -2.49. The van der Waals surface area contributed by atoms with Crippen LogP contribution in [-0.2, 0) is 16.6 Å². The second kappa shape index (κ2) is 9.27. The third-order valence-corrected chi connectivity index (χ3v) is 5.57. The number of carbonyl (C=O) groups excluding carboxylic acids is 2. The molecule has 1 aliphatic rings. The van der Waals surface area contributed by atoms with Crippen molar-refractivity contribution >= 4 is 21.8 Å². The maximum Gasteiger partial charge on any atom is 0.253 e. The number of nitrogens with zero attached hydrogens (tertiary/aromatic N) is 1. The van der Waals surface area contributed by atoms with Crippen molar-refractivity contribution in [3.63, 3.8) is 0 Å². The molecule has 2 aromatic carbocycles. The molecule has 0 bridgehead atoms. The van der Waals surface area contributed by atoms with Crippen LogP contribution < -0.4 is 15.2 Å². The summed E-state index contributed by atoms with van der Waals surface area (Å²) in [6, 6.07) is 13.5. The maximum absolute atomic E-state index is 12.9. The first kappa shape index (κ1) is 21.8. The Morgan fingerprint density at radius 3 is 2.70 bits per heavy atom. The highest BCUT2D eigenvalue weighted by molar-refractivity contribution is 7.88. The van der Waals surface area contributed by atoms with Gasteiger partial charge >= 0.3 is 0 Å². The van der Waals surface area contributed by atoms with Gasteiger partial charge in [0.05, 0.1) is 11.8 Å². The number of para-hydroxylation sites is 1. The topological polar surface area (TPSA) is 119 Å². The van der Waals surface area contributed by atoms with Gasteiger partial charge in [0.1, 0.15) is 12.4 Å². The van der Waals surface area contributed by atoms with Crippen molar-refractivity contribution < 1.29 is 22.7 Å². The van der Waals surface area contributed by atoms with Crippen LogP contribution in [0.2, 0.25) is 0 Å². The van der Waals surface area contributed by atoms with E-state index in [2.05, 4.69) is 4.72 Å². The van der Waals surface area contributed by atoms with Crippen LogP contribution >= 0.6 is 0 Å². The van der Waals surface area contributed by atoms with Gasteiger partial charge in [-0.2, -0.15) is 0 Å². The number of hydrogen-bond donors (Lipinski definition) is 2. The molecule has 160 valence electrons. The van der Waals surface area contributed by atoms with Crippen molar-refractivity contribution in [2.24, 2.45) is 5.73 Å². The Morgan fingerprint density at radius 1 is 1.20 bits per heavy atom. The van der Waals surface area contributed by atoms with Crippen LogP contribution in [0.4, 0.5) is 0 Å². The molecule has 1 unspecified atom stereocenters. The molecule has 1 atom stereocenters. The average Bonchev–Trinajstić information content (AvgIpc) is 2.71. The Kier molecular flexibility index (Phi) is 6.73. The molecule has 0 saturated carbocycles. The third kappa shape index (κ3) is 5.80. The van der Waals surface area contributed by atoms with E-state index in [1.807, 2.05) is 6.07 Å². The van der Waals surface area contributed by atoms with Crippen LogP contribution in [0, 0.1) is 0 Å². The molecule has 3 N–H and O–H groups in total. The van der Waals surface area contributed by atoms with Gasteiger partial charge in [-0.05, 0) is 42.7 Å². The number of primary amides is 1. The zero-order chi connectivity index (χ0) is 21.7. The van der Waals surface area contributed by atoms with E-state index in [-0.39, 0.29) is 18.6 Å². The lowest BCUT2D eigenvalue weighted by Gasteiger charge is -2.32. The summed E-state index contributed by atoms with van der Waals surface area (Å²) in [4.78, 5) is 26.1. The van der Waals surface area contributed by atoms with Gasteiger partial charge in [0.25, 0.3) is 11.8 Å². The summed E-state index contributed by atoms with van der Waals surface area (Å²) in [5.74, 6) is -0.348. The largest absolute Gasteiger partial charge is 0.488 e. The van der Waals surface area contributed by atoms with Gasteiger partial charge in [0, 0.05) is 24.7 Å². The van der Waals surface area contributed by atoms with Crippen LogP contribution in [0.25, 0.3) is 0 Å². The van der Waals surface area contributed by atoms with Crippen molar-refractivity contribution in [2.75, 3.05) is 19.3 Å². The number of nitrogens with one attached hydrogen (secondary N) is 1. The highest BCUT2D eigenvalue weighted by Crippen LogP contribution is 2.20. The number of rotatable bonds is 7. The van der Waals surface area contributed by atoms with Gasteiger partial charge in [-0.15, -0.1) is 0 Å². The van der Waals surface area contributed by atoms with E-state index in [0.29, 0.717) is 36.4 Å². The van der Waals surface area contributed by atoms with Gasteiger partial charge in [-0.1, -0.05) is 24.3 Å². The Bertz CT molecular complexity index is 1040. The molecule has 0 spiro atoms. The van der Waals surface area contributed by atoms with Crippen LogP contribution in [-0.4, -0.2) is 50.5 Å². The predicted molar refractivity (Wildman–Crippen MR) is 113 cm³/mol. The summed E-state index contributed by atoms with van der Waals surface area (Å²) in [7, 11) is -3.33. The molecule has 1 saturated heterocycles. The van der Waals surface area contributed by atoms with E-state index in [4.69, 9.17) is 10.5 Å². The Hall–Kier alpha value is -2.91. The standard InChI is InChI=1S/C21H25N3O5S/c1-30(27,28)23-17-8-5-11-24(13-17)21(26)16-7-4-6-15(12-16)14-29-19-10-3-2-9-18(19)20(22)25/h2-4,6-7,9-10,12,17,23H,5,8,11,13-14H2,1H3,(H2,22,25). The number of benzene rings is 2. The van der Waals surface area contributed by atoms with E-state index in [1.54, 1.807) is 47.4 Å². The zero-order valence-electron chi connectivity index (χ0n) is 16.7. The van der Waals surface area contributed by atoms with E-state index in [1.165, 1.54) is 0 Å². The van der Waals surface area contributed by atoms with Gasteiger partial charge in [-0.3, -0.25) is 9.59 Å². The summed E-state index contributed by atoms with van der Waals surface area (Å²) in [5.41, 5.74) is 6.93. The number of sulfonamides is 1. The van der Waals surface area contributed by atoms with Crippen molar-refractivity contribution in [3.05, 3.63) is 65.2 Å². The highest BCUT2D eigenvalue weighted by Gasteiger charge is 2.26. The number of ether oxygens (including phenoxy) is 1. The molecule has 0 aliphatic carbocycles. The minimum Gasteiger partial charge on any atom is -0.488 e. The SMILES string of the molecule is CS(=O)(=O)NC1CCCN(C(=O)c2cccc(COc3ccccc3C(N)=O)c2)C1. The summed E-state index contributed by atoms with van der Waals surface area (Å²) in [6.07, 6.45) is 2.54. The fraction of sp³-hybridized carbons (Fsp3) is 0.333. The molecule has 9 heteroatoms. The van der Waals surface area contributed by atoms with Gasteiger partial charge < -0.3 is 15.4 Å². The molecule has 0 aromatic heterocycles. The van der Waals surface area contributed by atoms with Gasteiger partial charge in [0.15, 0.2) is 0 Å². The molecule has 1 fully saturated rings. The fourth-order valence-electron chi connectivity index (χ4n) is 3.49. The summed E-state index contributed by atoms with van der Waals surface area (Å²) in [6.45, 7) is 1.08. The monoisotopic (exact) mass is 431 g/mol. The predicted octanol–water partition coefficient (Wildman–Crippen LogP) is 1.52. The number of hydrogen-bond acceptors (Lipinski definition) is 5. The number of carbonyl (C=O) groups is 2. The average molecular weight is 432 g/mol. The molecular formula is C21H25N3O5S. The minimum atomic E-state index is -3.33. The third-order valence-electron chi connectivity index (χ3n) is 4.81. The molecule has 8 nitrogen and oxygen atoms in total. The lowest BCUT2D eigenvalue weighted by atomic mass is 10.0. The first-order valence-corrected chi connectivity index (χ1v) is 11.5. The Morgan fingerprint density at radius 2 is 1.97 bits per heavy atom. The molecule has 0 radical (unpaired) electrons. The normalized spacial score (nSPS) is 16.8. The molecular weight excluding hydrogens is 406 g/mol. The van der Waals surface area contributed by atoms with Crippen LogP contribution in [0.1, 0.15) is 39.1 Å². The van der Waals surface area contributed by atoms with Crippen molar-refractivity contribution in [2.45, 2.75) is 25.5 Å². The van der Waals surface area contributed by atoms with E-state index in [0.717, 1.165) is 18.2 Å². The van der Waals surface area contributed by atoms with E-state index < -0.39 is 15.9 Å². The molecule has 1 heterocycles. The number of likely N-dealkylation sites (tertiary alicyclic amines) is 1. The lowest BCUT2D eigenvalue weighted by molar-refractivity contribution is 0.0703. The van der Waals surface area contributed by atoms with Gasteiger partial charge in [-0.25, -0.2) is 13.1 Å². The molecule has 3 rings (SSSR count). The van der Waals surface area contributed by atoms with Crippen molar-refractivity contribution in [3.8, 4) is 5.75 Å². The highest BCUT2D eigenvalue weighted by atomic mass is 32.2. The molecule has 30 heavy (non-hydrogen) atoms. The molecule has 2 aromatic rings. The molecule has 1 aliphatic heterocycles. The Labute approximate surface area is 176 Å². The first-order chi connectivity index (χ1) is 14.2. The quantitative estimate of drug-likeness (QED) is 0.689. The van der Waals surface area contributed by atoms with Crippen molar-refractivity contribution in [1.82, 2.24) is 9.62 Å². The number of amides is 2. The van der Waals surface area contributed by atoms with Gasteiger partial charge in [0.2, 0.25) is 10.0 Å². The van der Waals surface area contributed by atoms with Crippen LogP contribution in [0.3, 0.4) is 0 Å². The maximum atomic E-state index is 12.9. The smallest absolute Gasteiger partial charge is 0.253 e. The fourth-order valence-corrected chi connectivity index (χ4v) is 4.29. The first-order valence-electron chi connectivity index (χ1n) is 9.60. The van der Waals surface area contributed by atoms with Crippen molar-refractivity contribution in [1.29, 1.82) is 0 Å². The number of nitrogens with two attached hydrogens (primary N) is 1. The summed E-state index contributed by atoms with van der Waals surface area (Å²) >= 11 is 0. The van der Waals surface area contributed by atoms with Crippen LogP contribution in [0.15, 0.2) is 48.5 Å². The second-order valence-electron chi connectivity index (χ2n) is 7.33. The van der Waals surface area contributed by atoms with E-state index in [9.17, 15) is 18.0 Å². The summed E-state index contributed by atoms with van der Waals surface area (Å²) in [5, 5.41) is 0. The zero-order valence-corrected chi connectivity index (χ0v) is 17.5. The number of piperidine rings is 1. The Balaban J connectivity index is 1.68. The van der Waals surface area contributed by atoms with E-state index >= 15 is 0 Å². The minimum absolute atomic E-state index is 0.158. The molecule has 2 amide bonds. The van der Waals surface area contributed by atoms with Crippen LogP contribution in [0.5, 0.6) is 5.75 Å². The second-order valence-corrected chi connectivity index (χ2v) is 9.11.